The molecular formula is C21H27NO4S. The maximum Gasteiger partial charge on any atom is 0.338 e. The largest absolute Gasteiger partial charge is 0.465 e. The third-order valence-electron chi connectivity index (χ3n) is 4.65. The first-order chi connectivity index (χ1) is 12.6. The first-order valence-electron chi connectivity index (χ1n) is 8.83. The molecule has 146 valence electrons. The molecule has 0 aliphatic carbocycles. The number of rotatable bonds is 7. The lowest BCUT2D eigenvalue weighted by molar-refractivity contribution is 0.0599. The fourth-order valence-corrected chi connectivity index (χ4v) is 4.51. The minimum Gasteiger partial charge on any atom is -0.465 e. The predicted octanol–water partition coefficient (Wildman–Crippen LogP) is 3.82. The van der Waals surface area contributed by atoms with Crippen molar-refractivity contribution in [2.75, 3.05) is 7.11 Å². The van der Waals surface area contributed by atoms with Crippen molar-refractivity contribution in [3.8, 4) is 0 Å². The van der Waals surface area contributed by atoms with Gasteiger partial charge in [-0.1, -0.05) is 50.2 Å². The van der Waals surface area contributed by atoms with Gasteiger partial charge >= 0.3 is 5.97 Å². The SMILES string of the molecule is COC(=O)c1cc(S(=O)(=O)N[C@@H](C)CC(C)(C)c2ccccc2)ccc1C. The number of hydrogen-bond donors (Lipinski definition) is 1. The number of aryl methyl sites for hydroxylation is 1. The highest BCUT2D eigenvalue weighted by Gasteiger charge is 2.27. The van der Waals surface area contributed by atoms with Crippen LogP contribution < -0.4 is 4.72 Å². The molecule has 2 aromatic rings. The minimum atomic E-state index is -3.75. The van der Waals surface area contributed by atoms with Gasteiger partial charge in [0.05, 0.1) is 17.6 Å². The molecule has 0 fully saturated rings. The molecule has 2 aromatic carbocycles. The second-order valence-electron chi connectivity index (χ2n) is 7.44. The van der Waals surface area contributed by atoms with Crippen LogP contribution in [0, 0.1) is 6.92 Å². The number of benzene rings is 2. The Labute approximate surface area is 161 Å². The van der Waals surface area contributed by atoms with Crippen LogP contribution in [0.25, 0.3) is 0 Å². The predicted molar refractivity (Wildman–Crippen MR) is 106 cm³/mol. The van der Waals surface area contributed by atoms with E-state index in [9.17, 15) is 13.2 Å². The molecule has 2 rings (SSSR count). The molecule has 1 atom stereocenters. The second kappa shape index (κ2) is 8.23. The van der Waals surface area contributed by atoms with Gasteiger partial charge in [0.1, 0.15) is 0 Å². The maximum atomic E-state index is 12.8. The average Bonchev–Trinajstić information content (AvgIpc) is 2.61. The Kier molecular flexibility index (Phi) is 6.44. The summed E-state index contributed by atoms with van der Waals surface area (Å²) >= 11 is 0. The molecule has 0 bridgehead atoms. The maximum absolute atomic E-state index is 12.8. The topological polar surface area (TPSA) is 72.5 Å². The quantitative estimate of drug-likeness (QED) is 0.731. The highest BCUT2D eigenvalue weighted by Crippen LogP contribution is 2.28. The number of carbonyl (C=O) groups excluding carboxylic acids is 1. The number of ether oxygens (including phenoxy) is 1. The Morgan fingerprint density at radius 1 is 1.15 bits per heavy atom. The number of methoxy groups -OCH3 is 1. The van der Waals surface area contributed by atoms with Crippen LogP contribution in [0.4, 0.5) is 0 Å². The monoisotopic (exact) mass is 389 g/mol. The summed E-state index contributed by atoms with van der Waals surface area (Å²) in [6.07, 6.45) is 0.631. The van der Waals surface area contributed by atoms with Gasteiger partial charge < -0.3 is 4.74 Å². The van der Waals surface area contributed by atoms with E-state index in [4.69, 9.17) is 4.74 Å². The summed E-state index contributed by atoms with van der Waals surface area (Å²) in [5.41, 5.74) is 1.88. The Morgan fingerprint density at radius 3 is 2.37 bits per heavy atom. The second-order valence-corrected chi connectivity index (χ2v) is 9.16. The number of hydrogen-bond acceptors (Lipinski definition) is 4. The van der Waals surface area contributed by atoms with Crippen LogP contribution in [0.15, 0.2) is 53.4 Å². The van der Waals surface area contributed by atoms with E-state index in [2.05, 4.69) is 18.6 Å². The van der Waals surface area contributed by atoms with E-state index < -0.39 is 16.0 Å². The van der Waals surface area contributed by atoms with Crippen LogP contribution in [-0.4, -0.2) is 27.5 Å². The smallest absolute Gasteiger partial charge is 0.338 e. The first kappa shape index (κ1) is 21.1. The van der Waals surface area contributed by atoms with Crippen LogP contribution in [0.1, 0.15) is 48.7 Å². The highest BCUT2D eigenvalue weighted by molar-refractivity contribution is 7.89. The molecule has 0 radical (unpaired) electrons. The molecule has 6 heteroatoms. The minimum absolute atomic E-state index is 0.0536. The molecule has 0 amide bonds. The molecule has 0 saturated heterocycles. The first-order valence-corrected chi connectivity index (χ1v) is 10.3. The van der Waals surface area contributed by atoms with Gasteiger partial charge in [0.15, 0.2) is 0 Å². The van der Waals surface area contributed by atoms with Gasteiger partial charge in [-0.15, -0.1) is 0 Å². The summed E-state index contributed by atoms with van der Waals surface area (Å²) in [5.74, 6) is -0.553. The lowest BCUT2D eigenvalue weighted by Gasteiger charge is -2.29. The van der Waals surface area contributed by atoms with Gasteiger partial charge in [-0.3, -0.25) is 0 Å². The van der Waals surface area contributed by atoms with E-state index in [1.165, 1.54) is 19.2 Å². The van der Waals surface area contributed by atoms with Crippen molar-refractivity contribution < 1.29 is 17.9 Å². The van der Waals surface area contributed by atoms with Gasteiger partial charge in [0.2, 0.25) is 10.0 Å². The van der Waals surface area contributed by atoms with Gasteiger partial charge in [-0.25, -0.2) is 17.9 Å². The summed E-state index contributed by atoms with van der Waals surface area (Å²) < 4.78 is 33.0. The van der Waals surface area contributed by atoms with Gasteiger partial charge in [0.25, 0.3) is 0 Å². The van der Waals surface area contributed by atoms with Crippen LogP contribution in [0.3, 0.4) is 0 Å². The summed E-state index contributed by atoms with van der Waals surface area (Å²) in [7, 11) is -2.48. The normalized spacial score (nSPS) is 13.2. The Hall–Kier alpha value is -2.18. The van der Waals surface area contributed by atoms with Crippen molar-refractivity contribution in [2.24, 2.45) is 0 Å². The average molecular weight is 390 g/mol. The van der Waals surface area contributed by atoms with Crippen LogP contribution in [0.5, 0.6) is 0 Å². The molecule has 0 spiro atoms. The molecule has 0 aliphatic rings. The summed E-state index contributed by atoms with van der Waals surface area (Å²) in [6, 6.07) is 14.2. The summed E-state index contributed by atoms with van der Waals surface area (Å²) in [5, 5.41) is 0. The van der Waals surface area contributed by atoms with E-state index in [-0.39, 0.29) is 21.9 Å². The third kappa shape index (κ3) is 5.17. The number of esters is 1. The van der Waals surface area contributed by atoms with Gasteiger partial charge in [-0.2, -0.15) is 0 Å². The third-order valence-corrected chi connectivity index (χ3v) is 6.24. The van der Waals surface area contributed by atoms with Gasteiger partial charge in [0, 0.05) is 6.04 Å². The Bertz CT molecular complexity index is 905. The van der Waals surface area contributed by atoms with Crippen molar-refractivity contribution in [3.63, 3.8) is 0 Å². The zero-order chi connectivity index (χ0) is 20.2. The molecule has 1 N–H and O–H groups in total. The van der Waals surface area contributed by atoms with Crippen molar-refractivity contribution in [2.45, 2.75) is 50.5 Å². The molecule has 0 saturated carbocycles. The van der Waals surface area contributed by atoms with E-state index in [0.29, 0.717) is 12.0 Å². The molecule has 0 unspecified atom stereocenters. The van der Waals surface area contributed by atoms with Crippen molar-refractivity contribution >= 4 is 16.0 Å². The zero-order valence-electron chi connectivity index (χ0n) is 16.4. The molecule has 27 heavy (non-hydrogen) atoms. The van der Waals surface area contributed by atoms with Crippen LogP contribution >= 0.6 is 0 Å². The molecular weight excluding hydrogens is 362 g/mol. The highest BCUT2D eigenvalue weighted by atomic mass is 32.2. The number of carbonyl (C=O) groups is 1. The van der Waals surface area contributed by atoms with E-state index in [1.807, 2.05) is 37.3 Å². The fourth-order valence-electron chi connectivity index (χ4n) is 3.25. The summed E-state index contributed by atoms with van der Waals surface area (Å²) in [4.78, 5) is 11.9. The fraction of sp³-hybridized carbons (Fsp3) is 0.381. The number of sulfonamides is 1. The van der Waals surface area contributed by atoms with Crippen molar-refractivity contribution in [1.82, 2.24) is 4.72 Å². The number of nitrogens with one attached hydrogen (secondary N) is 1. The Balaban J connectivity index is 2.20. The van der Waals surface area contributed by atoms with Crippen LogP contribution in [-0.2, 0) is 20.2 Å². The van der Waals surface area contributed by atoms with E-state index in [0.717, 1.165) is 5.56 Å². The Morgan fingerprint density at radius 2 is 1.78 bits per heavy atom. The standard InChI is InChI=1S/C21H27NO4S/c1-15-11-12-18(13-19(15)20(23)26-5)27(24,25)22-16(2)14-21(3,4)17-9-7-6-8-10-17/h6-13,16,22H,14H2,1-5H3/t16-/m0/s1. The van der Waals surface area contributed by atoms with Crippen molar-refractivity contribution in [1.29, 1.82) is 0 Å². The molecule has 0 heterocycles. The lowest BCUT2D eigenvalue weighted by Crippen LogP contribution is -2.37. The van der Waals surface area contributed by atoms with E-state index >= 15 is 0 Å². The lowest BCUT2D eigenvalue weighted by atomic mass is 9.79. The molecule has 0 aromatic heterocycles. The zero-order valence-corrected chi connectivity index (χ0v) is 17.3. The van der Waals surface area contributed by atoms with Gasteiger partial charge in [-0.05, 0) is 48.9 Å². The summed E-state index contributed by atoms with van der Waals surface area (Å²) in [6.45, 7) is 7.77. The van der Waals surface area contributed by atoms with Crippen molar-refractivity contribution in [3.05, 3.63) is 65.2 Å². The molecule has 0 aliphatic heterocycles. The molecule has 5 nitrogen and oxygen atoms in total. The van der Waals surface area contributed by atoms with E-state index in [1.54, 1.807) is 13.0 Å². The van der Waals surface area contributed by atoms with Crippen LogP contribution in [0.2, 0.25) is 0 Å².